The van der Waals surface area contributed by atoms with Gasteiger partial charge in [0.1, 0.15) is 0 Å². The molecule has 0 aliphatic carbocycles. The minimum atomic E-state index is 0.132. The summed E-state index contributed by atoms with van der Waals surface area (Å²) in [6, 6.07) is 9.59. The molecule has 1 saturated heterocycles. The molecule has 3 N–H and O–H groups in total. The highest BCUT2D eigenvalue weighted by atomic mass is 16.2. The second-order valence-electron chi connectivity index (χ2n) is 5.03. The molecule has 3 rings (SSSR count). The average Bonchev–Trinajstić information content (AvgIpc) is 2.49. The number of benzene rings is 1. The maximum absolute atomic E-state index is 12.2. The van der Waals surface area contributed by atoms with E-state index in [-0.39, 0.29) is 5.91 Å². The molecule has 1 aliphatic rings. The van der Waals surface area contributed by atoms with Crippen LogP contribution in [0, 0.1) is 0 Å². The Morgan fingerprint density at radius 1 is 1.25 bits per heavy atom. The smallest absolute Gasteiger partial charge is 0.228 e. The van der Waals surface area contributed by atoms with Crippen molar-refractivity contribution in [1.29, 1.82) is 0 Å². The monoisotopic (exact) mass is 270 g/mol. The zero-order valence-corrected chi connectivity index (χ0v) is 11.3. The number of nitrogens with two attached hydrogens (primary N) is 1. The van der Waals surface area contributed by atoms with Gasteiger partial charge in [-0.05, 0) is 12.1 Å². The van der Waals surface area contributed by atoms with E-state index >= 15 is 0 Å². The molecule has 0 unspecified atom stereocenters. The lowest BCUT2D eigenvalue weighted by molar-refractivity contribution is -0.131. The molecule has 5 nitrogen and oxygen atoms in total. The Labute approximate surface area is 117 Å². The van der Waals surface area contributed by atoms with Crippen molar-refractivity contribution in [2.45, 2.75) is 6.42 Å². The van der Waals surface area contributed by atoms with E-state index in [1.165, 1.54) is 0 Å². The van der Waals surface area contributed by atoms with Gasteiger partial charge in [0.2, 0.25) is 5.91 Å². The highest BCUT2D eigenvalue weighted by Crippen LogP contribution is 2.19. The van der Waals surface area contributed by atoms with E-state index in [4.69, 9.17) is 5.73 Å². The number of nitrogens with zero attached hydrogens (tertiary/aromatic N) is 2. The molecule has 20 heavy (non-hydrogen) atoms. The molecule has 1 aliphatic heterocycles. The predicted molar refractivity (Wildman–Crippen MR) is 79.3 cm³/mol. The number of nitrogens with one attached hydrogen (secondary N) is 1. The number of para-hydroxylation sites is 1. The maximum Gasteiger partial charge on any atom is 0.228 e. The van der Waals surface area contributed by atoms with E-state index in [0.29, 0.717) is 12.1 Å². The van der Waals surface area contributed by atoms with Crippen LogP contribution in [-0.2, 0) is 11.2 Å². The van der Waals surface area contributed by atoms with E-state index in [2.05, 4.69) is 10.3 Å². The summed E-state index contributed by atoms with van der Waals surface area (Å²) in [6.07, 6.45) is 0.338. The number of amides is 1. The second kappa shape index (κ2) is 5.46. The number of rotatable bonds is 2. The van der Waals surface area contributed by atoms with Crippen LogP contribution in [-0.4, -0.2) is 42.0 Å². The number of nitrogen functional groups attached to an aromatic ring is 1. The van der Waals surface area contributed by atoms with Gasteiger partial charge in [-0.3, -0.25) is 9.78 Å². The Morgan fingerprint density at radius 2 is 2.05 bits per heavy atom. The first kappa shape index (κ1) is 12.9. The molecule has 1 aromatic heterocycles. The van der Waals surface area contributed by atoms with Gasteiger partial charge in [0.05, 0.1) is 23.3 Å². The van der Waals surface area contributed by atoms with Gasteiger partial charge < -0.3 is 16.0 Å². The fourth-order valence-corrected chi connectivity index (χ4v) is 2.49. The summed E-state index contributed by atoms with van der Waals surface area (Å²) in [5.74, 6) is 0.132. The lowest BCUT2D eigenvalue weighted by Crippen LogP contribution is -2.47. The zero-order valence-electron chi connectivity index (χ0n) is 11.3. The molecule has 0 saturated carbocycles. The lowest BCUT2D eigenvalue weighted by atomic mass is 10.1. The van der Waals surface area contributed by atoms with Gasteiger partial charge in [-0.15, -0.1) is 0 Å². The molecule has 5 heteroatoms. The first-order valence-electron chi connectivity index (χ1n) is 6.86. The molecule has 2 aromatic rings. The highest BCUT2D eigenvalue weighted by Gasteiger charge is 2.17. The van der Waals surface area contributed by atoms with Crippen LogP contribution in [0.15, 0.2) is 30.3 Å². The Kier molecular flexibility index (Phi) is 3.52. The third-order valence-electron chi connectivity index (χ3n) is 3.61. The largest absolute Gasteiger partial charge is 0.397 e. The second-order valence-corrected chi connectivity index (χ2v) is 5.03. The van der Waals surface area contributed by atoms with Crippen LogP contribution in [0.1, 0.15) is 5.69 Å². The zero-order chi connectivity index (χ0) is 13.9. The summed E-state index contributed by atoms with van der Waals surface area (Å²) in [6.45, 7) is 3.27. The summed E-state index contributed by atoms with van der Waals surface area (Å²) in [4.78, 5) is 18.6. The fraction of sp³-hybridized carbons (Fsp3) is 0.333. The van der Waals surface area contributed by atoms with Gasteiger partial charge in [0, 0.05) is 31.6 Å². The first-order chi connectivity index (χ1) is 9.74. The van der Waals surface area contributed by atoms with Crippen molar-refractivity contribution in [3.8, 4) is 0 Å². The van der Waals surface area contributed by atoms with Gasteiger partial charge in [-0.25, -0.2) is 0 Å². The SMILES string of the molecule is Nc1cccc2ccc(CC(=O)N3CCNCC3)nc12. The van der Waals surface area contributed by atoms with Crippen molar-refractivity contribution in [2.24, 2.45) is 0 Å². The van der Waals surface area contributed by atoms with E-state index in [1.807, 2.05) is 35.2 Å². The van der Waals surface area contributed by atoms with Crippen molar-refractivity contribution in [3.63, 3.8) is 0 Å². The third-order valence-corrected chi connectivity index (χ3v) is 3.61. The molecule has 1 amide bonds. The quantitative estimate of drug-likeness (QED) is 0.792. The topological polar surface area (TPSA) is 71.2 Å². The molecule has 0 radical (unpaired) electrons. The molecule has 0 spiro atoms. The number of carbonyl (C=O) groups excluding carboxylic acids is 1. The van der Waals surface area contributed by atoms with Crippen molar-refractivity contribution in [2.75, 3.05) is 31.9 Å². The first-order valence-corrected chi connectivity index (χ1v) is 6.86. The summed E-state index contributed by atoms with van der Waals surface area (Å²) >= 11 is 0. The number of hydrogen-bond donors (Lipinski definition) is 2. The number of aromatic nitrogens is 1. The molecule has 104 valence electrons. The van der Waals surface area contributed by atoms with E-state index in [9.17, 15) is 4.79 Å². The van der Waals surface area contributed by atoms with Crippen LogP contribution in [0.5, 0.6) is 0 Å². The number of hydrogen-bond acceptors (Lipinski definition) is 4. The highest BCUT2D eigenvalue weighted by molar-refractivity contribution is 5.89. The Bertz CT molecular complexity index is 635. The Morgan fingerprint density at radius 3 is 2.85 bits per heavy atom. The normalized spacial score (nSPS) is 15.5. The summed E-state index contributed by atoms with van der Waals surface area (Å²) in [7, 11) is 0. The van der Waals surface area contributed by atoms with Gasteiger partial charge in [-0.2, -0.15) is 0 Å². The maximum atomic E-state index is 12.2. The van der Waals surface area contributed by atoms with E-state index in [1.54, 1.807) is 0 Å². The summed E-state index contributed by atoms with van der Waals surface area (Å²) in [5, 5.41) is 4.24. The van der Waals surface area contributed by atoms with Crippen molar-refractivity contribution in [3.05, 3.63) is 36.0 Å². The standard InChI is InChI=1S/C15H18N4O/c16-13-3-1-2-11-4-5-12(18-15(11)13)10-14(20)19-8-6-17-7-9-19/h1-5,17H,6-10,16H2. The minimum absolute atomic E-state index is 0.132. The molecule has 0 bridgehead atoms. The van der Waals surface area contributed by atoms with Crippen molar-refractivity contribution < 1.29 is 4.79 Å². The van der Waals surface area contributed by atoms with Crippen LogP contribution >= 0.6 is 0 Å². The van der Waals surface area contributed by atoms with Crippen LogP contribution in [0.3, 0.4) is 0 Å². The number of piperazine rings is 1. The average molecular weight is 270 g/mol. The number of anilines is 1. The van der Waals surface area contributed by atoms with Crippen LogP contribution < -0.4 is 11.1 Å². The summed E-state index contributed by atoms with van der Waals surface area (Å²) < 4.78 is 0. The molecule has 1 fully saturated rings. The predicted octanol–water partition coefficient (Wildman–Crippen LogP) is 0.791. The van der Waals surface area contributed by atoms with Gasteiger partial charge in [-0.1, -0.05) is 18.2 Å². The number of fused-ring (bicyclic) bond motifs is 1. The summed E-state index contributed by atoms with van der Waals surface area (Å²) in [5.41, 5.74) is 8.14. The van der Waals surface area contributed by atoms with Crippen molar-refractivity contribution >= 4 is 22.5 Å². The van der Waals surface area contributed by atoms with Crippen LogP contribution in [0.4, 0.5) is 5.69 Å². The molecule has 1 aromatic carbocycles. The lowest BCUT2D eigenvalue weighted by Gasteiger charge is -2.27. The minimum Gasteiger partial charge on any atom is -0.397 e. The Balaban J connectivity index is 1.80. The molecular weight excluding hydrogens is 252 g/mol. The Hall–Kier alpha value is -2.14. The van der Waals surface area contributed by atoms with Crippen molar-refractivity contribution in [1.82, 2.24) is 15.2 Å². The molecule has 2 heterocycles. The van der Waals surface area contributed by atoms with Gasteiger partial charge in [0.25, 0.3) is 0 Å². The van der Waals surface area contributed by atoms with Gasteiger partial charge in [0.15, 0.2) is 0 Å². The van der Waals surface area contributed by atoms with Crippen LogP contribution in [0.2, 0.25) is 0 Å². The number of pyridine rings is 1. The van der Waals surface area contributed by atoms with Gasteiger partial charge >= 0.3 is 0 Å². The third kappa shape index (κ3) is 2.58. The molecule has 0 atom stereocenters. The fourth-order valence-electron chi connectivity index (χ4n) is 2.49. The van der Waals surface area contributed by atoms with E-state index < -0.39 is 0 Å². The van der Waals surface area contributed by atoms with Crippen LogP contribution in [0.25, 0.3) is 10.9 Å². The van der Waals surface area contributed by atoms with E-state index in [0.717, 1.165) is 42.8 Å². The molecular formula is C15H18N4O. The number of carbonyl (C=O) groups is 1.